The van der Waals surface area contributed by atoms with Crippen LogP contribution in [0.4, 0.5) is 5.95 Å². The molecule has 0 bridgehead atoms. The van der Waals surface area contributed by atoms with Crippen LogP contribution in [0, 0.1) is 6.92 Å². The Labute approximate surface area is 79.4 Å². The molecule has 13 heavy (non-hydrogen) atoms. The van der Waals surface area contributed by atoms with E-state index in [0.717, 1.165) is 0 Å². The summed E-state index contributed by atoms with van der Waals surface area (Å²) in [6, 6.07) is 0. The number of rotatable bonds is 2. The van der Waals surface area contributed by atoms with Crippen LogP contribution in [-0.2, 0) is 0 Å². The maximum absolute atomic E-state index is 10.8. The van der Waals surface area contributed by atoms with E-state index < -0.39 is 5.97 Å². The largest absolute Gasteiger partial charge is 0.478 e. The van der Waals surface area contributed by atoms with Gasteiger partial charge in [0.1, 0.15) is 10.6 Å². The first kappa shape index (κ1) is 9.79. The summed E-state index contributed by atoms with van der Waals surface area (Å²) in [5.74, 6) is -0.922. The van der Waals surface area contributed by atoms with Crippen molar-refractivity contribution in [3.8, 4) is 0 Å². The Balaban J connectivity index is 3.38. The van der Waals surface area contributed by atoms with E-state index in [9.17, 15) is 4.79 Å². The second-order valence-corrected chi connectivity index (χ2v) is 3.15. The van der Waals surface area contributed by atoms with E-state index in [1.165, 1.54) is 11.8 Å². The van der Waals surface area contributed by atoms with Crippen molar-refractivity contribution in [2.45, 2.75) is 11.9 Å². The van der Waals surface area contributed by atoms with Crippen molar-refractivity contribution in [1.82, 2.24) is 9.97 Å². The number of hydrogen-bond acceptors (Lipinski definition) is 5. The summed E-state index contributed by atoms with van der Waals surface area (Å²) in [7, 11) is 0. The van der Waals surface area contributed by atoms with Crippen molar-refractivity contribution in [3.05, 3.63) is 11.3 Å². The molecule has 0 unspecified atom stereocenters. The highest BCUT2D eigenvalue weighted by Gasteiger charge is 2.15. The molecule has 0 aliphatic carbocycles. The van der Waals surface area contributed by atoms with Gasteiger partial charge in [-0.15, -0.1) is 11.8 Å². The third-order valence-electron chi connectivity index (χ3n) is 1.48. The molecule has 6 heteroatoms. The van der Waals surface area contributed by atoms with Gasteiger partial charge in [-0.2, -0.15) is 0 Å². The van der Waals surface area contributed by atoms with Gasteiger partial charge in [0.05, 0.1) is 5.69 Å². The molecular weight excluding hydrogens is 190 g/mol. The minimum absolute atomic E-state index is 0.104. The molecule has 1 heterocycles. The van der Waals surface area contributed by atoms with E-state index in [-0.39, 0.29) is 11.5 Å². The van der Waals surface area contributed by atoms with Crippen LogP contribution < -0.4 is 5.73 Å². The van der Waals surface area contributed by atoms with E-state index in [4.69, 9.17) is 10.8 Å². The Bertz CT molecular complexity index is 354. The highest BCUT2D eigenvalue weighted by molar-refractivity contribution is 7.98. The fourth-order valence-electron chi connectivity index (χ4n) is 0.961. The normalized spacial score (nSPS) is 10.0. The minimum atomic E-state index is -1.03. The molecule has 1 aromatic rings. The first-order chi connectivity index (χ1) is 6.06. The molecule has 1 rings (SSSR count). The van der Waals surface area contributed by atoms with Gasteiger partial charge in [0.15, 0.2) is 0 Å². The van der Waals surface area contributed by atoms with E-state index in [0.29, 0.717) is 10.7 Å². The second-order valence-electron chi connectivity index (χ2n) is 2.36. The molecule has 0 spiro atoms. The van der Waals surface area contributed by atoms with Crippen molar-refractivity contribution in [2.75, 3.05) is 12.0 Å². The number of nitrogen functional groups attached to an aromatic ring is 1. The van der Waals surface area contributed by atoms with Gasteiger partial charge in [-0.05, 0) is 13.2 Å². The van der Waals surface area contributed by atoms with Crippen molar-refractivity contribution < 1.29 is 9.90 Å². The molecule has 0 aliphatic rings. The molecule has 0 aromatic carbocycles. The molecule has 0 aliphatic heterocycles. The van der Waals surface area contributed by atoms with Crippen molar-refractivity contribution in [3.63, 3.8) is 0 Å². The van der Waals surface area contributed by atoms with Gasteiger partial charge in [-0.1, -0.05) is 0 Å². The van der Waals surface area contributed by atoms with Gasteiger partial charge >= 0.3 is 5.97 Å². The van der Waals surface area contributed by atoms with Crippen LogP contribution in [0.5, 0.6) is 0 Å². The average molecular weight is 199 g/mol. The topological polar surface area (TPSA) is 89.1 Å². The summed E-state index contributed by atoms with van der Waals surface area (Å²) in [5.41, 5.74) is 5.90. The van der Waals surface area contributed by atoms with Gasteiger partial charge in [0, 0.05) is 0 Å². The van der Waals surface area contributed by atoms with Crippen LogP contribution in [0.2, 0.25) is 0 Å². The summed E-state index contributed by atoms with van der Waals surface area (Å²) in [4.78, 5) is 18.4. The lowest BCUT2D eigenvalue weighted by Gasteiger charge is -2.05. The van der Waals surface area contributed by atoms with E-state index in [1.54, 1.807) is 13.2 Å². The van der Waals surface area contributed by atoms with Crippen LogP contribution in [-0.4, -0.2) is 27.3 Å². The van der Waals surface area contributed by atoms with E-state index >= 15 is 0 Å². The number of aromatic carboxylic acids is 1. The third-order valence-corrected chi connectivity index (χ3v) is 2.16. The number of nitrogens with two attached hydrogens (primary N) is 1. The molecular formula is C7H9N3O2S. The Kier molecular flexibility index (Phi) is 2.72. The number of anilines is 1. The maximum Gasteiger partial charge on any atom is 0.340 e. The van der Waals surface area contributed by atoms with Gasteiger partial charge < -0.3 is 10.8 Å². The standard InChI is InChI=1S/C7H9N3O2S/c1-3-4(6(11)12)5(13-2)10-7(8)9-3/h1-2H3,(H,11,12)(H2,8,9,10). The zero-order chi connectivity index (χ0) is 10.0. The summed E-state index contributed by atoms with van der Waals surface area (Å²) >= 11 is 1.24. The Morgan fingerprint density at radius 1 is 1.54 bits per heavy atom. The molecule has 5 nitrogen and oxygen atoms in total. The van der Waals surface area contributed by atoms with Crippen LogP contribution in [0.3, 0.4) is 0 Å². The number of carbonyl (C=O) groups is 1. The highest BCUT2D eigenvalue weighted by atomic mass is 32.2. The van der Waals surface area contributed by atoms with Crippen LogP contribution in [0.1, 0.15) is 16.1 Å². The maximum atomic E-state index is 10.8. The van der Waals surface area contributed by atoms with Crippen LogP contribution >= 0.6 is 11.8 Å². The van der Waals surface area contributed by atoms with E-state index in [1.807, 2.05) is 0 Å². The molecule has 0 radical (unpaired) electrons. The zero-order valence-corrected chi connectivity index (χ0v) is 8.05. The zero-order valence-electron chi connectivity index (χ0n) is 7.24. The minimum Gasteiger partial charge on any atom is -0.478 e. The highest BCUT2D eigenvalue weighted by Crippen LogP contribution is 2.20. The van der Waals surface area contributed by atoms with Crippen molar-refractivity contribution in [2.24, 2.45) is 0 Å². The SMILES string of the molecule is CSc1nc(N)nc(C)c1C(=O)O. The van der Waals surface area contributed by atoms with Gasteiger partial charge in [0.25, 0.3) is 0 Å². The molecule has 0 saturated heterocycles. The van der Waals surface area contributed by atoms with Gasteiger partial charge in [-0.25, -0.2) is 14.8 Å². The molecule has 0 saturated carbocycles. The first-order valence-corrected chi connectivity index (χ1v) is 4.70. The fraction of sp³-hybridized carbons (Fsp3) is 0.286. The van der Waals surface area contributed by atoms with Crippen LogP contribution in [0.25, 0.3) is 0 Å². The lowest BCUT2D eigenvalue weighted by Crippen LogP contribution is -2.08. The van der Waals surface area contributed by atoms with Crippen LogP contribution in [0.15, 0.2) is 5.03 Å². The summed E-state index contributed by atoms with van der Waals surface area (Å²) < 4.78 is 0. The number of carboxylic acid groups (broad SMARTS) is 1. The smallest absolute Gasteiger partial charge is 0.340 e. The number of hydrogen-bond donors (Lipinski definition) is 2. The monoisotopic (exact) mass is 199 g/mol. The predicted octanol–water partition coefficient (Wildman–Crippen LogP) is 0.787. The Morgan fingerprint density at radius 3 is 2.62 bits per heavy atom. The average Bonchev–Trinajstić information content (AvgIpc) is 2.01. The second kappa shape index (κ2) is 3.61. The molecule has 0 amide bonds. The summed E-state index contributed by atoms with van der Waals surface area (Å²) in [5, 5.41) is 9.23. The quantitative estimate of drug-likeness (QED) is 0.540. The summed E-state index contributed by atoms with van der Waals surface area (Å²) in [6.45, 7) is 1.60. The number of carboxylic acids is 1. The fourth-order valence-corrected chi connectivity index (χ4v) is 1.59. The Morgan fingerprint density at radius 2 is 2.15 bits per heavy atom. The lowest BCUT2D eigenvalue weighted by atomic mass is 10.2. The molecule has 0 fully saturated rings. The van der Waals surface area contributed by atoms with Gasteiger partial charge in [0.2, 0.25) is 5.95 Å². The molecule has 70 valence electrons. The number of thioether (sulfide) groups is 1. The summed E-state index contributed by atoms with van der Waals surface area (Å²) in [6.07, 6.45) is 1.74. The lowest BCUT2D eigenvalue weighted by molar-refractivity contribution is 0.0691. The molecule has 3 N–H and O–H groups in total. The predicted molar refractivity (Wildman–Crippen MR) is 49.9 cm³/mol. The first-order valence-electron chi connectivity index (χ1n) is 3.47. The van der Waals surface area contributed by atoms with Gasteiger partial charge in [-0.3, -0.25) is 0 Å². The van der Waals surface area contributed by atoms with Crippen molar-refractivity contribution >= 4 is 23.7 Å². The van der Waals surface area contributed by atoms with Crippen molar-refractivity contribution in [1.29, 1.82) is 0 Å². The number of aromatic nitrogens is 2. The number of nitrogens with zero attached hydrogens (tertiary/aromatic N) is 2. The number of aryl methyl sites for hydroxylation is 1. The third kappa shape index (κ3) is 1.89. The molecule has 1 aromatic heterocycles. The van der Waals surface area contributed by atoms with E-state index in [2.05, 4.69) is 9.97 Å². The molecule has 0 atom stereocenters. The Hall–Kier alpha value is -1.30.